The Kier molecular flexibility index (Phi) is 16.5. The number of methoxy groups -OCH3 is 1. The zero-order valence-corrected chi connectivity index (χ0v) is 33.2. The van der Waals surface area contributed by atoms with Crippen molar-refractivity contribution in [3.8, 4) is 0 Å². The van der Waals surface area contributed by atoms with Crippen LogP contribution in [-0.4, -0.2) is 106 Å². The van der Waals surface area contributed by atoms with Crippen LogP contribution in [0.1, 0.15) is 84.7 Å². The van der Waals surface area contributed by atoms with Crippen molar-refractivity contribution in [2.75, 3.05) is 33.3 Å². The van der Waals surface area contributed by atoms with Crippen molar-refractivity contribution in [3.05, 3.63) is 65.5 Å². The van der Waals surface area contributed by atoms with Gasteiger partial charge in [0, 0.05) is 31.9 Å². The number of pyridine rings is 1. The van der Waals surface area contributed by atoms with Crippen LogP contribution in [0.2, 0.25) is 0 Å². The third kappa shape index (κ3) is 12.7. The van der Waals surface area contributed by atoms with Crippen LogP contribution in [0.3, 0.4) is 0 Å². The van der Waals surface area contributed by atoms with Gasteiger partial charge in [0.15, 0.2) is 0 Å². The maximum atomic E-state index is 14.4. The number of hydrazine groups is 1. The number of carbonyl (C=O) groups is 4. The van der Waals surface area contributed by atoms with E-state index in [0.29, 0.717) is 39.0 Å². The lowest BCUT2D eigenvalue weighted by atomic mass is 9.86. The lowest BCUT2D eigenvalue weighted by Gasteiger charge is -2.36. The molecule has 0 unspecified atom stereocenters. The molecule has 4 N–H and O–H groups in total. The number of urea groups is 1. The number of nitrogens with zero attached hydrogens (tertiary/aromatic N) is 4. The summed E-state index contributed by atoms with van der Waals surface area (Å²) in [5.41, 5.74) is 4.90. The van der Waals surface area contributed by atoms with Crippen molar-refractivity contribution >= 4 is 23.9 Å². The molecule has 1 aromatic heterocycles. The number of aliphatic hydroxyl groups is 1. The highest BCUT2D eigenvalue weighted by Crippen LogP contribution is 2.24. The molecule has 1 aliphatic heterocycles. The maximum Gasteiger partial charge on any atom is 0.407 e. The molecular weight excluding hydrogens is 674 g/mol. The minimum Gasteiger partial charge on any atom is -0.453 e. The van der Waals surface area contributed by atoms with E-state index in [1.165, 1.54) is 7.11 Å². The summed E-state index contributed by atoms with van der Waals surface area (Å²) in [5, 5.41) is 19.5. The Bertz CT molecular complexity index is 1480. The predicted octanol–water partition coefficient (Wildman–Crippen LogP) is 4.67. The molecule has 5 atom stereocenters. The first-order chi connectivity index (χ1) is 25.1. The van der Waals surface area contributed by atoms with Gasteiger partial charge in [-0.2, -0.15) is 0 Å². The first-order valence-electron chi connectivity index (χ1n) is 19.0. The molecule has 3 rings (SSSR count). The van der Waals surface area contributed by atoms with E-state index in [0.717, 1.165) is 29.8 Å². The number of amides is 5. The van der Waals surface area contributed by atoms with Gasteiger partial charge >= 0.3 is 12.1 Å². The van der Waals surface area contributed by atoms with Gasteiger partial charge in [0.2, 0.25) is 5.91 Å². The van der Waals surface area contributed by atoms with E-state index in [1.54, 1.807) is 14.8 Å². The number of aryl methyl sites for hydroxylation is 1. The van der Waals surface area contributed by atoms with E-state index in [4.69, 9.17) is 4.74 Å². The monoisotopic (exact) mass is 737 g/mol. The molecule has 13 heteroatoms. The summed E-state index contributed by atoms with van der Waals surface area (Å²) in [7, 11) is 1.24. The Morgan fingerprint density at radius 3 is 2.21 bits per heavy atom. The number of aliphatic hydroxyl groups excluding tert-OH is 1. The summed E-state index contributed by atoms with van der Waals surface area (Å²) in [4.78, 5) is 62.0. The Hall–Kier alpha value is -4.23. The zero-order valence-electron chi connectivity index (χ0n) is 33.2. The van der Waals surface area contributed by atoms with E-state index in [-0.39, 0.29) is 30.3 Å². The molecule has 0 saturated carbocycles. The second-order valence-corrected chi connectivity index (χ2v) is 15.4. The number of nitrogens with one attached hydrogen (secondary N) is 3. The van der Waals surface area contributed by atoms with E-state index in [1.807, 2.05) is 90.1 Å². The number of benzene rings is 1. The van der Waals surface area contributed by atoms with Crippen LogP contribution in [0.25, 0.3) is 0 Å². The molecule has 5 amide bonds. The molecule has 2 aromatic rings. The van der Waals surface area contributed by atoms with Gasteiger partial charge in [-0.3, -0.25) is 20.0 Å². The molecule has 0 radical (unpaired) electrons. The summed E-state index contributed by atoms with van der Waals surface area (Å²) in [5.74, 6) is -0.735. The quantitative estimate of drug-likeness (QED) is 0.152. The number of hydrogen-bond donors (Lipinski definition) is 4. The highest BCUT2D eigenvalue weighted by molar-refractivity contribution is 5.88. The number of ether oxygens (including phenoxy) is 1. The van der Waals surface area contributed by atoms with Crippen molar-refractivity contribution in [3.63, 3.8) is 0 Å². The fourth-order valence-electron chi connectivity index (χ4n) is 6.69. The van der Waals surface area contributed by atoms with Gasteiger partial charge in [0.25, 0.3) is 5.91 Å². The lowest BCUT2D eigenvalue weighted by molar-refractivity contribution is -0.133. The predicted molar refractivity (Wildman–Crippen MR) is 205 cm³/mol. The van der Waals surface area contributed by atoms with Gasteiger partial charge in [-0.15, -0.1) is 0 Å². The molecule has 53 heavy (non-hydrogen) atoms. The van der Waals surface area contributed by atoms with Crippen molar-refractivity contribution in [2.24, 2.45) is 17.3 Å². The minimum absolute atomic E-state index is 0.00300. The Balaban J connectivity index is 1.89. The average Bonchev–Trinajstić information content (AvgIpc) is 3.46. The van der Waals surface area contributed by atoms with E-state index in [2.05, 4.69) is 34.9 Å². The Labute approximate surface area is 316 Å². The third-order valence-corrected chi connectivity index (χ3v) is 10.2. The highest BCUT2D eigenvalue weighted by atomic mass is 16.5. The molecule has 0 spiro atoms. The van der Waals surface area contributed by atoms with E-state index >= 15 is 0 Å². The smallest absolute Gasteiger partial charge is 0.407 e. The second kappa shape index (κ2) is 20.3. The summed E-state index contributed by atoms with van der Waals surface area (Å²) in [6, 6.07) is 12.7. The van der Waals surface area contributed by atoms with Gasteiger partial charge in [-0.1, -0.05) is 104 Å². The van der Waals surface area contributed by atoms with Crippen molar-refractivity contribution in [1.82, 2.24) is 35.9 Å². The topological polar surface area (TPSA) is 156 Å². The number of rotatable bonds is 19. The van der Waals surface area contributed by atoms with Gasteiger partial charge in [0.1, 0.15) is 12.1 Å². The van der Waals surface area contributed by atoms with Crippen LogP contribution in [0.5, 0.6) is 0 Å². The third-order valence-electron chi connectivity index (χ3n) is 10.2. The van der Waals surface area contributed by atoms with Crippen LogP contribution < -0.4 is 16.1 Å². The SMILES string of the molecule is CCC(CC)CN(C[C@H](O)[C@H](Cc1ccccc1)NC(=O)[C@H]([C@@H](C)CC)N1CCN(Cc2cccc(C)n2)C1=O)NC(=O)[C@@H](NC(=O)OC)C(C)(C)C. The van der Waals surface area contributed by atoms with Crippen LogP contribution in [0.4, 0.5) is 9.59 Å². The van der Waals surface area contributed by atoms with E-state index in [9.17, 15) is 24.3 Å². The molecule has 0 aliphatic carbocycles. The number of hydrogen-bond acceptors (Lipinski definition) is 8. The molecule has 0 bridgehead atoms. The van der Waals surface area contributed by atoms with Crippen molar-refractivity contribution < 1.29 is 29.0 Å². The first kappa shape index (κ1) is 43.2. The molecule has 1 aromatic carbocycles. The summed E-state index contributed by atoms with van der Waals surface area (Å²) in [6.07, 6.45) is 0.844. The zero-order chi connectivity index (χ0) is 39.3. The molecule has 294 valence electrons. The standard InChI is InChI=1S/C40H63N7O6/c1-10-27(4)34(47-22-21-45(39(47)52)25-31-20-16-17-28(5)41-31)36(49)42-32(23-30-18-14-13-15-19-30)33(48)26-46(24-29(11-2)12-3)44-37(50)35(40(6,7)8)43-38(51)53-9/h13-20,27,29,32-35,48H,10-12,21-26H2,1-9H3,(H,42,49)(H,43,51)(H,44,50)/t27-,32-,33-,34-,35+/m0/s1. The summed E-state index contributed by atoms with van der Waals surface area (Å²) < 4.78 is 4.79. The van der Waals surface area contributed by atoms with Gasteiger partial charge in [-0.05, 0) is 48.3 Å². The molecule has 1 aliphatic rings. The summed E-state index contributed by atoms with van der Waals surface area (Å²) in [6.45, 7) is 17.2. The fourth-order valence-corrected chi connectivity index (χ4v) is 6.69. The van der Waals surface area contributed by atoms with Crippen LogP contribution in [0.15, 0.2) is 48.5 Å². The molecular formula is C40H63N7O6. The van der Waals surface area contributed by atoms with Crippen LogP contribution >= 0.6 is 0 Å². The maximum absolute atomic E-state index is 14.4. The first-order valence-corrected chi connectivity index (χ1v) is 19.0. The Morgan fingerprint density at radius 2 is 1.62 bits per heavy atom. The van der Waals surface area contributed by atoms with E-state index < -0.39 is 41.6 Å². The Morgan fingerprint density at radius 1 is 0.943 bits per heavy atom. The van der Waals surface area contributed by atoms with Gasteiger partial charge < -0.3 is 30.3 Å². The molecule has 2 heterocycles. The van der Waals surface area contributed by atoms with Gasteiger partial charge in [-0.25, -0.2) is 14.6 Å². The minimum atomic E-state index is -1.12. The number of carbonyl (C=O) groups excluding carboxylic acids is 4. The van der Waals surface area contributed by atoms with Gasteiger partial charge in [0.05, 0.1) is 31.5 Å². The fraction of sp³-hybridized carbons (Fsp3) is 0.625. The largest absolute Gasteiger partial charge is 0.453 e. The second-order valence-electron chi connectivity index (χ2n) is 15.4. The summed E-state index contributed by atoms with van der Waals surface area (Å²) >= 11 is 0. The van der Waals surface area contributed by atoms with Crippen LogP contribution in [-0.2, 0) is 27.3 Å². The normalized spacial score (nSPS) is 16.3. The number of aromatic nitrogens is 1. The number of alkyl carbamates (subject to hydrolysis) is 1. The van der Waals surface area contributed by atoms with Crippen molar-refractivity contribution in [1.29, 1.82) is 0 Å². The van der Waals surface area contributed by atoms with Crippen molar-refractivity contribution in [2.45, 2.75) is 112 Å². The van der Waals surface area contributed by atoms with Crippen LogP contribution in [0, 0.1) is 24.2 Å². The molecule has 1 fully saturated rings. The highest BCUT2D eigenvalue weighted by Gasteiger charge is 2.41. The average molecular weight is 738 g/mol. The molecule has 1 saturated heterocycles. The molecule has 13 nitrogen and oxygen atoms in total. The lowest BCUT2D eigenvalue weighted by Crippen LogP contribution is -2.61.